The quantitative estimate of drug-likeness (QED) is 0.769. The summed E-state index contributed by atoms with van der Waals surface area (Å²) >= 11 is 0. The summed E-state index contributed by atoms with van der Waals surface area (Å²) in [7, 11) is 0. The average molecular weight is 348 g/mol. The van der Waals surface area contributed by atoms with Gasteiger partial charge in [-0.2, -0.15) is 0 Å². The Bertz CT molecular complexity index is 568. The molecule has 2 amide bonds. The molecule has 0 radical (unpaired) electrons. The number of esters is 1. The van der Waals surface area contributed by atoms with Crippen molar-refractivity contribution in [3.8, 4) is 0 Å². The van der Waals surface area contributed by atoms with Crippen LogP contribution < -0.4 is 5.32 Å². The zero-order valence-electron chi connectivity index (χ0n) is 15.1. The molecule has 1 aromatic carbocycles. The van der Waals surface area contributed by atoms with Crippen LogP contribution in [0.1, 0.15) is 37.8 Å². The van der Waals surface area contributed by atoms with E-state index in [9.17, 15) is 9.59 Å². The number of rotatable bonds is 7. The average Bonchev–Trinajstić information content (AvgIpc) is 2.65. The Balaban J connectivity index is 1.81. The van der Waals surface area contributed by atoms with E-state index >= 15 is 0 Å². The fourth-order valence-electron chi connectivity index (χ4n) is 2.94. The molecule has 1 aromatic rings. The van der Waals surface area contributed by atoms with E-state index in [0.29, 0.717) is 52.3 Å². The molecule has 1 N–H and O–H groups in total. The monoisotopic (exact) mass is 348 g/mol. The second-order valence-electron chi connectivity index (χ2n) is 6.08. The van der Waals surface area contributed by atoms with Crippen LogP contribution in [0.3, 0.4) is 0 Å². The van der Waals surface area contributed by atoms with Gasteiger partial charge in [-0.1, -0.05) is 24.3 Å². The Morgan fingerprint density at radius 1 is 1.12 bits per heavy atom. The molecule has 0 aliphatic carbocycles. The molecule has 0 saturated carbocycles. The first-order chi connectivity index (χ1) is 12.2. The second kappa shape index (κ2) is 10.0. The van der Waals surface area contributed by atoms with Gasteiger partial charge < -0.3 is 19.7 Å². The summed E-state index contributed by atoms with van der Waals surface area (Å²) in [5.41, 5.74) is 2.15. The molecule has 6 heteroatoms. The van der Waals surface area contributed by atoms with E-state index in [4.69, 9.17) is 9.47 Å². The SMILES string of the molecule is CCOCc1ccccc1CNC(=O)N1CCC(C(=O)OCC)CC1. The maximum absolute atomic E-state index is 12.4. The molecule has 0 bridgehead atoms. The third-order valence-corrected chi connectivity index (χ3v) is 4.41. The lowest BCUT2D eigenvalue weighted by atomic mass is 9.97. The number of carbonyl (C=O) groups is 2. The summed E-state index contributed by atoms with van der Waals surface area (Å²) in [6, 6.07) is 7.86. The van der Waals surface area contributed by atoms with E-state index in [-0.39, 0.29) is 17.9 Å². The predicted octanol–water partition coefficient (Wildman–Crippen LogP) is 2.71. The summed E-state index contributed by atoms with van der Waals surface area (Å²) in [6.07, 6.45) is 1.32. The van der Waals surface area contributed by atoms with Crippen molar-refractivity contribution in [1.82, 2.24) is 10.2 Å². The van der Waals surface area contributed by atoms with Gasteiger partial charge in [-0.05, 0) is 37.8 Å². The van der Waals surface area contributed by atoms with Gasteiger partial charge in [-0.15, -0.1) is 0 Å². The molecule has 2 rings (SSSR count). The Morgan fingerprint density at radius 3 is 2.44 bits per heavy atom. The minimum Gasteiger partial charge on any atom is -0.466 e. The van der Waals surface area contributed by atoms with E-state index in [0.717, 1.165) is 11.1 Å². The van der Waals surface area contributed by atoms with Gasteiger partial charge in [0.2, 0.25) is 0 Å². The standard InChI is InChI=1S/C19H28N2O4/c1-3-24-14-17-8-6-5-7-16(17)13-20-19(23)21-11-9-15(10-12-21)18(22)25-4-2/h5-8,15H,3-4,9-14H2,1-2H3,(H,20,23). The number of nitrogens with zero attached hydrogens (tertiary/aromatic N) is 1. The van der Waals surface area contributed by atoms with E-state index in [1.54, 1.807) is 4.90 Å². The zero-order chi connectivity index (χ0) is 18.1. The van der Waals surface area contributed by atoms with Crippen LogP contribution in [0.5, 0.6) is 0 Å². The topological polar surface area (TPSA) is 67.9 Å². The number of urea groups is 1. The molecule has 1 fully saturated rings. The molecule has 0 atom stereocenters. The molecule has 0 aromatic heterocycles. The highest BCUT2D eigenvalue weighted by Crippen LogP contribution is 2.19. The molecule has 6 nitrogen and oxygen atoms in total. The highest BCUT2D eigenvalue weighted by molar-refractivity contribution is 5.76. The van der Waals surface area contributed by atoms with E-state index in [1.165, 1.54) is 0 Å². The molecule has 1 heterocycles. The first-order valence-electron chi connectivity index (χ1n) is 8.99. The van der Waals surface area contributed by atoms with Crippen molar-refractivity contribution in [2.24, 2.45) is 5.92 Å². The summed E-state index contributed by atoms with van der Waals surface area (Å²) in [4.78, 5) is 25.9. The Morgan fingerprint density at radius 2 is 1.80 bits per heavy atom. The molecule has 1 aliphatic rings. The normalized spacial score (nSPS) is 15.0. The Hall–Kier alpha value is -2.08. The van der Waals surface area contributed by atoms with Crippen molar-refractivity contribution in [3.05, 3.63) is 35.4 Å². The number of nitrogens with one attached hydrogen (secondary N) is 1. The molecule has 138 valence electrons. The first-order valence-corrected chi connectivity index (χ1v) is 8.99. The fourth-order valence-corrected chi connectivity index (χ4v) is 2.94. The van der Waals surface area contributed by atoms with Crippen LogP contribution in [0.2, 0.25) is 0 Å². The highest BCUT2D eigenvalue weighted by atomic mass is 16.5. The second-order valence-corrected chi connectivity index (χ2v) is 6.08. The number of carbonyl (C=O) groups excluding carboxylic acids is 2. The zero-order valence-corrected chi connectivity index (χ0v) is 15.1. The maximum atomic E-state index is 12.4. The van der Waals surface area contributed by atoms with Crippen LogP contribution >= 0.6 is 0 Å². The lowest BCUT2D eigenvalue weighted by Crippen LogP contribution is -2.45. The van der Waals surface area contributed by atoms with Crippen LogP contribution in [0, 0.1) is 5.92 Å². The summed E-state index contributed by atoms with van der Waals surface area (Å²) in [5, 5.41) is 2.97. The number of ether oxygens (including phenoxy) is 2. The molecule has 1 saturated heterocycles. The van der Waals surface area contributed by atoms with Crippen molar-refractivity contribution >= 4 is 12.0 Å². The number of hydrogen-bond acceptors (Lipinski definition) is 4. The van der Waals surface area contributed by atoms with E-state index in [2.05, 4.69) is 5.32 Å². The third-order valence-electron chi connectivity index (χ3n) is 4.41. The van der Waals surface area contributed by atoms with Crippen LogP contribution in [-0.2, 0) is 27.4 Å². The van der Waals surface area contributed by atoms with Crippen molar-refractivity contribution in [3.63, 3.8) is 0 Å². The van der Waals surface area contributed by atoms with Gasteiger partial charge in [-0.25, -0.2) is 4.79 Å². The van der Waals surface area contributed by atoms with Crippen molar-refractivity contribution in [2.75, 3.05) is 26.3 Å². The fraction of sp³-hybridized carbons (Fsp3) is 0.579. The molecule has 1 aliphatic heterocycles. The molecular weight excluding hydrogens is 320 g/mol. The molecule has 0 spiro atoms. The maximum Gasteiger partial charge on any atom is 0.317 e. The van der Waals surface area contributed by atoms with Gasteiger partial charge in [0.15, 0.2) is 0 Å². The number of likely N-dealkylation sites (tertiary alicyclic amines) is 1. The number of piperidine rings is 1. The number of hydrogen-bond donors (Lipinski definition) is 1. The lowest BCUT2D eigenvalue weighted by Gasteiger charge is -2.31. The van der Waals surface area contributed by atoms with Crippen molar-refractivity contribution < 1.29 is 19.1 Å². The molecular formula is C19H28N2O4. The summed E-state index contributed by atoms with van der Waals surface area (Å²) in [6.45, 7) is 7.02. The molecule has 25 heavy (non-hydrogen) atoms. The van der Waals surface area contributed by atoms with Gasteiger partial charge in [0.05, 0.1) is 19.1 Å². The van der Waals surface area contributed by atoms with Gasteiger partial charge in [0.25, 0.3) is 0 Å². The molecule has 0 unspecified atom stereocenters. The van der Waals surface area contributed by atoms with E-state index in [1.807, 2.05) is 38.1 Å². The van der Waals surface area contributed by atoms with Crippen molar-refractivity contribution in [1.29, 1.82) is 0 Å². The van der Waals surface area contributed by atoms with Crippen LogP contribution in [0.25, 0.3) is 0 Å². The minimum atomic E-state index is -0.146. The lowest BCUT2D eigenvalue weighted by molar-refractivity contribution is -0.149. The third kappa shape index (κ3) is 5.74. The van der Waals surface area contributed by atoms with Crippen molar-refractivity contribution in [2.45, 2.75) is 39.8 Å². The van der Waals surface area contributed by atoms with E-state index < -0.39 is 0 Å². The van der Waals surface area contributed by atoms with Gasteiger partial charge in [0.1, 0.15) is 0 Å². The Kier molecular flexibility index (Phi) is 7.73. The summed E-state index contributed by atoms with van der Waals surface area (Å²) in [5.74, 6) is -0.233. The number of amides is 2. The highest BCUT2D eigenvalue weighted by Gasteiger charge is 2.28. The minimum absolute atomic E-state index is 0.0871. The van der Waals surface area contributed by atoms with Crippen LogP contribution in [-0.4, -0.2) is 43.2 Å². The van der Waals surface area contributed by atoms with Crippen LogP contribution in [0.15, 0.2) is 24.3 Å². The summed E-state index contributed by atoms with van der Waals surface area (Å²) < 4.78 is 10.5. The first kappa shape index (κ1) is 19.2. The Labute approximate surface area is 149 Å². The largest absolute Gasteiger partial charge is 0.466 e. The van der Waals surface area contributed by atoms with Gasteiger partial charge in [0, 0.05) is 26.2 Å². The predicted molar refractivity (Wildman–Crippen MR) is 94.9 cm³/mol. The van der Waals surface area contributed by atoms with Gasteiger partial charge >= 0.3 is 12.0 Å². The smallest absolute Gasteiger partial charge is 0.317 e. The van der Waals surface area contributed by atoms with Gasteiger partial charge in [-0.3, -0.25) is 4.79 Å². The van der Waals surface area contributed by atoms with Crippen LogP contribution in [0.4, 0.5) is 4.79 Å². The number of benzene rings is 1.